The third kappa shape index (κ3) is 3.93. The van der Waals surface area contributed by atoms with Crippen molar-refractivity contribution in [2.75, 3.05) is 18.9 Å². The van der Waals surface area contributed by atoms with Crippen LogP contribution in [0.2, 0.25) is 0 Å². The van der Waals surface area contributed by atoms with Crippen LogP contribution in [0, 0.1) is 0 Å². The molecule has 0 aliphatic rings. The van der Waals surface area contributed by atoms with Gasteiger partial charge in [-0.25, -0.2) is 4.79 Å². The predicted octanol–water partition coefficient (Wildman–Crippen LogP) is 2.22. The third-order valence-corrected chi connectivity index (χ3v) is 3.76. The number of fused-ring (bicyclic) bond motifs is 1. The van der Waals surface area contributed by atoms with Crippen LogP contribution in [0.25, 0.3) is 21.6 Å². The number of aromatic amines is 1. The van der Waals surface area contributed by atoms with Crippen LogP contribution < -0.4 is 16.2 Å². The Morgan fingerprint density at radius 1 is 1.27 bits per heavy atom. The normalized spacial score (nSPS) is 10.6. The van der Waals surface area contributed by atoms with Crippen LogP contribution in [-0.2, 0) is 6.54 Å². The third-order valence-electron chi connectivity index (χ3n) is 3.76. The fourth-order valence-corrected chi connectivity index (χ4v) is 2.50. The highest BCUT2D eigenvalue weighted by Gasteiger charge is 2.14. The van der Waals surface area contributed by atoms with E-state index in [1.165, 1.54) is 4.57 Å². The van der Waals surface area contributed by atoms with Crippen molar-refractivity contribution in [2.24, 2.45) is 5.11 Å². The minimum atomic E-state index is -0.309. The zero-order valence-electron chi connectivity index (χ0n) is 14.0. The average Bonchev–Trinajstić information content (AvgIpc) is 2.95. The summed E-state index contributed by atoms with van der Waals surface area (Å²) in [5.41, 5.74) is 15.6. The van der Waals surface area contributed by atoms with Gasteiger partial charge in [0.25, 0.3) is 0 Å². The van der Waals surface area contributed by atoms with Crippen LogP contribution in [0.15, 0.2) is 40.2 Å². The molecule has 26 heavy (non-hydrogen) atoms. The molecule has 3 N–H and O–H groups in total. The highest BCUT2D eigenvalue weighted by Crippen LogP contribution is 2.18. The highest BCUT2D eigenvalue weighted by atomic mass is 16.5. The number of ether oxygens (including phenoxy) is 1. The number of unbranched alkanes of at least 4 members (excludes halogenated alkanes) is 1. The van der Waals surface area contributed by atoms with Gasteiger partial charge in [0.1, 0.15) is 5.52 Å². The molecule has 0 saturated carbocycles. The molecule has 0 saturated heterocycles. The molecule has 2 heterocycles. The van der Waals surface area contributed by atoms with Gasteiger partial charge in [-0.1, -0.05) is 35.4 Å². The van der Waals surface area contributed by atoms with Crippen molar-refractivity contribution in [2.45, 2.75) is 19.4 Å². The molecule has 0 aliphatic heterocycles. The molecule has 134 valence electrons. The maximum absolute atomic E-state index is 12.3. The van der Waals surface area contributed by atoms with Crippen LogP contribution in [0.4, 0.5) is 5.82 Å². The Morgan fingerprint density at radius 2 is 2.08 bits per heavy atom. The number of imidazole rings is 1. The Morgan fingerprint density at radius 3 is 2.85 bits per heavy atom. The molecule has 0 aliphatic carbocycles. The summed E-state index contributed by atoms with van der Waals surface area (Å²) in [6, 6.07) is 9.69. The molecule has 0 spiro atoms. The number of nitrogens with one attached hydrogen (secondary N) is 1. The minimum absolute atomic E-state index is 0.111. The van der Waals surface area contributed by atoms with Gasteiger partial charge in [0.05, 0.1) is 13.2 Å². The van der Waals surface area contributed by atoms with Crippen LogP contribution in [-0.4, -0.2) is 32.7 Å². The van der Waals surface area contributed by atoms with Crippen LogP contribution in [0.1, 0.15) is 18.4 Å². The van der Waals surface area contributed by atoms with Crippen LogP contribution >= 0.6 is 0 Å². The van der Waals surface area contributed by atoms with E-state index < -0.39 is 0 Å². The maximum atomic E-state index is 12.3. The van der Waals surface area contributed by atoms with Gasteiger partial charge >= 0.3 is 11.7 Å². The minimum Gasteiger partial charge on any atom is -0.463 e. The van der Waals surface area contributed by atoms with E-state index in [0.717, 1.165) is 5.56 Å². The number of H-pyrrole nitrogens is 1. The molecule has 0 unspecified atom stereocenters. The second kappa shape index (κ2) is 8.04. The Bertz CT molecular complexity index is 989. The standard InChI is InChI=1S/C16H18N8O2/c17-13-12-14(22-15(21-13)26-9-5-4-8-19-23-18)24(16(25)20-12)10-11-6-2-1-3-7-11/h1-3,6-7H,4-5,8-10H2,(H,20,25)(H2,17,21,22). The van der Waals surface area contributed by atoms with E-state index in [9.17, 15) is 4.79 Å². The molecule has 0 amide bonds. The van der Waals surface area contributed by atoms with Gasteiger partial charge in [0.15, 0.2) is 11.5 Å². The number of hydrogen-bond donors (Lipinski definition) is 2. The number of nitrogen functional groups attached to an aromatic ring is 1. The lowest BCUT2D eigenvalue weighted by molar-refractivity contribution is 0.285. The van der Waals surface area contributed by atoms with E-state index in [1.54, 1.807) is 0 Å². The number of hydrogen-bond acceptors (Lipinski definition) is 6. The average molecular weight is 354 g/mol. The number of benzene rings is 1. The fourth-order valence-electron chi connectivity index (χ4n) is 2.50. The summed E-state index contributed by atoms with van der Waals surface area (Å²) in [5.74, 6) is 0.156. The summed E-state index contributed by atoms with van der Waals surface area (Å²) in [6.45, 7) is 1.14. The Hall–Kier alpha value is -3.52. The summed E-state index contributed by atoms with van der Waals surface area (Å²) in [5, 5.41) is 3.46. The quantitative estimate of drug-likeness (QED) is 0.275. The largest absolute Gasteiger partial charge is 0.463 e. The first-order valence-corrected chi connectivity index (χ1v) is 8.12. The van der Waals surface area contributed by atoms with E-state index in [-0.39, 0.29) is 17.5 Å². The van der Waals surface area contributed by atoms with Crippen molar-refractivity contribution in [1.29, 1.82) is 0 Å². The fraction of sp³-hybridized carbons (Fsp3) is 0.312. The van der Waals surface area contributed by atoms with E-state index in [1.807, 2.05) is 30.3 Å². The molecular weight excluding hydrogens is 336 g/mol. The first-order chi connectivity index (χ1) is 12.7. The predicted molar refractivity (Wildman–Crippen MR) is 96.8 cm³/mol. The second-order valence-electron chi connectivity index (χ2n) is 5.60. The molecule has 0 radical (unpaired) electrons. The number of anilines is 1. The molecular formula is C16H18N8O2. The van der Waals surface area contributed by atoms with Crippen molar-refractivity contribution in [3.8, 4) is 6.01 Å². The number of rotatable bonds is 8. The monoisotopic (exact) mass is 354 g/mol. The van der Waals surface area contributed by atoms with Crippen LogP contribution in [0.5, 0.6) is 6.01 Å². The summed E-state index contributed by atoms with van der Waals surface area (Å²) in [7, 11) is 0. The van der Waals surface area contributed by atoms with E-state index >= 15 is 0 Å². The Kier molecular flexibility index (Phi) is 5.35. The first kappa shape index (κ1) is 17.3. The zero-order chi connectivity index (χ0) is 18.4. The van der Waals surface area contributed by atoms with Crippen LogP contribution in [0.3, 0.4) is 0 Å². The maximum Gasteiger partial charge on any atom is 0.328 e. The van der Waals surface area contributed by atoms with E-state index in [0.29, 0.717) is 43.7 Å². The van der Waals surface area contributed by atoms with Gasteiger partial charge in [-0.05, 0) is 23.9 Å². The van der Waals surface area contributed by atoms with Crippen molar-refractivity contribution in [3.63, 3.8) is 0 Å². The van der Waals surface area contributed by atoms with Crippen molar-refractivity contribution >= 4 is 17.0 Å². The highest BCUT2D eigenvalue weighted by molar-refractivity contribution is 5.81. The smallest absolute Gasteiger partial charge is 0.328 e. The number of azide groups is 1. The molecule has 2 aromatic heterocycles. The lowest BCUT2D eigenvalue weighted by Crippen LogP contribution is -2.17. The summed E-state index contributed by atoms with van der Waals surface area (Å²) in [4.78, 5) is 26.0. The second-order valence-corrected chi connectivity index (χ2v) is 5.60. The summed E-state index contributed by atoms with van der Waals surface area (Å²) in [6.07, 6.45) is 1.38. The first-order valence-electron chi connectivity index (χ1n) is 8.12. The molecule has 10 heteroatoms. The summed E-state index contributed by atoms with van der Waals surface area (Å²) < 4.78 is 7.02. The molecule has 0 bridgehead atoms. The summed E-state index contributed by atoms with van der Waals surface area (Å²) >= 11 is 0. The molecule has 10 nitrogen and oxygen atoms in total. The zero-order valence-corrected chi connectivity index (χ0v) is 14.0. The number of nitrogens with zero attached hydrogens (tertiary/aromatic N) is 6. The molecule has 3 aromatic rings. The molecule has 0 atom stereocenters. The molecule has 3 rings (SSSR count). The van der Waals surface area contributed by atoms with E-state index in [4.69, 9.17) is 16.0 Å². The lowest BCUT2D eigenvalue weighted by atomic mass is 10.2. The van der Waals surface area contributed by atoms with E-state index in [2.05, 4.69) is 25.0 Å². The van der Waals surface area contributed by atoms with Gasteiger partial charge in [-0.3, -0.25) is 4.57 Å². The Labute approximate surface area is 148 Å². The van der Waals surface area contributed by atoms with Gasteiger partial charge in [-0.15, -0.1) is 0 Å². The van der Waals surface area contributed by atoms with Gasteiger partial charge in [0.2, 0.25) is 0 Å². The van der Waals surface area contributed by atoms with Gasteiger partial charge < -0.3 is 15.5 Å². The molecule has 1 aromatic carbocycles. The van der Waals surface area contributed by atoms with Crippen molar-refractivity contribution < 1.29 is 4.74 Å². The number of aromatic nitrogens is 4. The van der Waals surface area contributed by atoms with Crippen molar-refractivity contribution in [1.82, 2.24) is 19.5 Å². The number of nitrogens with two attached hydrogens (primary N) is 1. The topological polar surface area (TPSA) is 148 Å². The SMILES string of the molecule is [N-]=[N+]=NCCCCOc1nc(N)c2[nH]c(=O)n(Cc3ccccc3)c2n1. The molecule has 0 fully saturated rings. The Balaban J connectivity index is 1.80. The lowest BCUT2D eigenvalue weighted by Gasteiger charge is -2.07. The van der Waals surface area contributed by atoms with Crippen molar-refractivity contribution in [3.05, 3.63) is 56.8 Å². The van der Waals surface area contributed by atoms with Gasteiger partial charge in [-0.2, -0.15) is 9.97 Å². The van der Waals surface area contributed by atoms with Gasteiger partial charge in [0, 0.05) is 11.5 Å².